The molecule has 1 unspecified atom stereocenters. The number of carbonyl (C=O) groups is 1. The van der Waals surface area contributed by atoms with Crippen molar-refractivity contribution in [3.63, 3.8) is 0 Å². The van der Waals surface area contributed by atoms with E-state index in [0.717, 1.165) is 12.3 Å². The lowest BCUT2D eigenvalue weighted by Crippen LogP contribution is -2.28. The van der Waals surface area contributed by atoms with Gasteiger partial charge in [-0.15, -0.1) is 0 Å². The molecule has 1 rings (SSSR count). The minimum absolute atomic E-state index is 0.0947. The molecule has 0 aliphatic carbocycles. The number of rotatable bonds is 4. The summed E-state index contributed by atoms with van der Waals surface area (Å²) in [4.78, 5) is 11.8. The second-order valence-corrected chi connectivity index (χ2v) is 5.83. The quantitative estimate of drug-likeness (QED) is 0.759. The third-order valence-corrected chi connectivity index (χ3v) is 3.87. The monoisotopic (exact) mass is 244 g/mol. The van der Waals surface area contributed by atoms with Crippen LogP contribution >= 0.6 is 0 Å². The van der Waals surface area contributed by atoms with Crippen molar-refractivity contribution in [3.05, 3.63) is 35.6 Å². The highest BCUT2D eigenvalue weighted by Crippen LogP contribution is 2.13. The average molecular weight is 244 g/mol. The molecule has 1 aromatic carbocycles. The molecule has 0 fully saturated rings. The Hall–Kier alpha value is -1.23. The van der Waals surface area contributed by atoms with Gasteiger partial charge in [0.1, 0.15) is 11.1 Å². The Morgan fingerprint density at radius 1 is 1.44 bits per heavy atom. The molecule has 0 saturated heterocycles. The molecule has 0 spiro atoms. The Labute approximate surface area is 94.2 Å². The summed E-state index contributed by atoms with van der Waals surface area (Å²) in [5, 5.41) is -1.09. The predicted molar refractivity (Wildman–Crippen MR) is 59.7 cm³/mol. The number of carbonyl (C=O) groups excluding carboxylic acids is 1. The van der Waals surface area contributed by atoms with Crippen molar-refractivity contribution in [2.24, 2.45) is 0 Å². The molecule has 0 aliphatic heterocycles. The van der Waals surface area contributed by atoms with Gasteiger partial charge in [0.2, 0.25) is 0 Å². The van der Waals surface area contributed by atoms with Crippen LogP contribution in [0.3, 0.4) is 0 Å². The summed E-state index contributed by atoms with van der Waals surface area (Å²) in [6.07, 6.45) is 1.20. The summed E-state index contributed by atoms with van der Waals surface area (Å²) < 4.78 is 35.6. The standard InChI is InChI=1S/C11H13FO3S/c1-3-10(16(2,14)15)11(13)8-5-4-6-9(12)7-8/h4-7,10H,3H2,1-2H3. The number of sulfone groups is 1. The molecule has 0 aromatic heterocycles. The van der Waals surface area contributed by atoms with Gasteiger partial charge in [-0.2, -0.15) is 0 Å². The summed E-state index contributed by atoms with van der Waals surface area (Å²) in [5.41, 5.74) is 0.0947. The zero-order chi connectivity index (χ0) is 12.3. The van der Waals surface area contributed by atoms with Crippen molar-refractivity contribution < 1.29 is 17.6 Å². The lowest BCUT2D eigenvalue weighted by Gasteiger charge is -2.11. The molecule has 3 nitrogen and oxygen atoms in total. The zero-order valence-corrected chi connectivity index (χ0v) is 9.92. The van der Waals surface area contributed by atoms with Gasteiger partial charge in [0, 0.05) is 11.8 Å². The molecule has 5 heteroatoms. The van der Waals surface area contributed by atoms with Crippen LogP contribution in [0.15, 0.2) is 24.3 Å². The fourth-order valence-electron chi connectivity index (χ4n) is 1.51. The van der Waals surface area contributed by atoms with Crippen LogP contribution in [0.25, 0.3) is 0 Å². The van der Waals surface area contributed by atoms with Crippen molar-refractivity contribution in [2.75, 3.05) is 6.26 Å². The maximum atomic E-state index is 12.9. The summed E-state index contributed by atoms with van der Waals surface area (Å²) in [6, 6.07) is 5.06. The van der Waals surface area contributed by atoms with E-state index < -0.39 is 26.7 Å². The third kappa shape index (κ3) is 2.88. The summed E-state index contributed by atoms with van der Waals surface area (Å²) in [6.45, 7) is 1.61. The summed E-state index contributed by atoms with van der Waals surface area (Å²) in [7, 11) is -3.45. The predicted octanol–water partition coefficient (Wildman–Crippen LogP) is 1.83. The van der Waals surface area contributed by atoms with E-state index in [-0.39, 0.29) is 12.0 Å². The summed E-state index contributed by atoms with van der Waals surface area (Å²) >= 11 is 0. The van der Waals surface area contributed by atoms with E-state index in [0.29, 0.717) is 0 Å². The minimum atomic E-state index is -3.45. The van der Waals surface area contributed by atoms with E-state index in [1.54, 1.807) is 6.92 Å². The molecule has 0 heterocycles. The van der Waals surface area contributed by atoms with Crippen molar-refractivity contribution >= 4 is 15.6 Å². The number of hydrogen-bond acceptors (Lipinski definition) is 3. The summed E-state index contributed by atoms with van der Waals surface area (Å²) in [5.74, 6) is -1.10. The van der Waals surface area contributed by atoms with E-state index in [1.165, 1.54) is 18.2 Å². The SMILES string of the molecule is CCC(C(=O)c1cccc(F)c1)S(C)(=O)=O. The number of Topliss-reactive ketones (excluding diaryl/α,β-unsaturated/α-hetero) is 1. The smallest absolute Gasteiger partial charge is 0.181 e. The Kier molecular flexibility index (Phi) is 3.80. The fourth-order valence-corrected chi connectivity index (χ4v) is 2.64. The Morgan fingerprint density at radius 3 is 2.50 bits per heavy atom. The molecule has 0 aliphatic rings. The van der Waals surface area contributed by atoms with E-state index >= 15 is 0 Å². The highest BCUT2D eigenvalue weighted by molar-refractivity contribution is 7.92. The van der Waals surface area contributed by atoms with Gasteiger partial charge in [-0.25, -0.2) is 12.8 Å². The first-order valence-corrected chi connectivity index (χ1v) is 6.80. The molecule has 0 bridgehead atoms. The van der Waals surface area contributed by atoms with Crippen LogP contribution < -0.4 is 0 Å². The molecule has 88 valence electrons. The van der Waals surface area contributed by atoms with Crippen molar-refractivity contribution in [3.8, 4) is 0 Å². The second kappa shape index (κ2) is 4.74. The van der Waals surface area contributed by atoms with Crippen LogP contribution in [-0.2, 0) is 9.84 Å². The van der Waals surface area contributed by atoms with E-state index in [2.05, 4.69) is 0 Å². The molecular weight excluding hydrogens is 231 g/mol. The van der Waals surface area contributed by atoms with Gasteiger partial charge in [0.15, 0.2) is 15.6 Å². The Bertz CT molecular complexity index is 494. The van der Waals surface area contributed by atoms with Crippen LogP contribution in [0.4, 0.5) is 4.39 Å². The molecular formula is C11H13FO3S. The molecule has 0 radical (unpaired) electrons. The van der Waals surface area contributed by atoms with Gasteiger partial charge in [-0.3, -0.25) is 4.79 Å². The maximum Gasteiger partial charge on any atom is 0.181 e. The molecule has 1 atom stereocenters. The first kappa shape index (κ1) is 12.8. The van der Waals surface area contributed by atoms with Crippen LogP contribution in [0.5, 0.6) is 0 Å². The Balaban J connectivity index is 3.11. The Morgan fingerprint density at radius 2 is 2.06 bits per heavy atom. The highest BCUT2D eigenvalue weighted by Gasteiger charge is 2.27. The number of ketones is 1. The zero-order valence-electron chi connectivity index (χ0n) is 9.10. The normalized spacial score (nSPS) is 13.4. The largest absolute Gasteiger partial charge is 0.293 e. The van der Waals surface area contributed by atoms with E-state index in [1.807, 2.05) is 0 Å². The van der Waals surface area contributed by atoms with Gasteiger partial charge >= 0.3 is 0 Å². The first-order chi connectivity index (χ1) is 7.36. The minimum Gasteiger partial charge on any atom is -0.293 e. The second-order valence-electron chi connectivity index (χ2n) is 3.60. The van der Waals surface area contributed by atoms with Gasteiger partial charge in [0.25, 0.3) is 0 Å². The fraction of sp³-hybridized carbons (Fsp3) is 0.364. The van der Waals surface area contributed by atoms with Crippen molar-refractivity contribution in [1.29, 1.82) is 0 Å². The van der Waals surface area contributed by atoms with Crippen LogP contribution in [0.2, 0.25) is 0 Å². The van der Waals surface area contributed by atoms with Crippen LogP contribution in [0.1, 0.15) is 23.7 Å². The third-order valence-electron chi connectivity index (χ3n) is 2.29. The van der Waals surface area contributed by atoms with Gasteiger partial charge in [-0.1, -0.05) is 19.1 Å². The van der Waals surface area contributed by atoms with Gasteiger partial charge < -0.3 is 0 Å². The molecule has 16 heavy (non-hydrogen) atoms. The number of hydrogen-bond donors (Lipinski definition) is 0. The molecule has 0 saturated carbocycles. The topological polar surface area (TPSA) is 51.2 Å². The van der Waals surface area contributed by atoms with Crippen molar-refractivity contribution in [1.82, 2.24) is 0 Å². The highest BCUT2D eigenvalue weighted by atomic mass is 32.2. The lowest BCUT2D eigenvalue weighted by molar-refractivity contribution is 0.0985. The van der Waals surface area contributed by atoms with Crippen LogP contribution in [-0.4, -0.2) is 25.7 Å². The van der Waals surface area contributed by atoms with Crippen molar-refractivity contribution in [2.45, 2.75) is 18.6 Å². The average Bonchev–Trinajstić information content (AvgIpc) is 2.16. The van der Waals surface area contributed by atoms with Crippen LogP contribution in [0, 0.1) is 5.82 Å². The molecule has 0 amide bonds. The first-order valence-electron chi connectivity index (χ1n) is 4.85. The number of halogens is 1. The van der Waals surface area contributed by atoms with Gasteiger partial charge in [-0.05, 0) is 18.6 Å². The molecule has 1 aromatic rings. The lowest BCUT2D eigenvalue weighted by atomic mass is 10.1. The number of benzene rings is 1. The van der Waals surface area contributed by atoms with E-state index in [4.69, 9.17) is 0 Å². The molecule has 0 N–H and O–H groups in total. The maximum absolute atomic E-state index is 12.9. The van der Waals surface area contributed by atoms with E-state index in [9.17, 15) is 17.6 Å². The van der Waals surface area contributed by atoms with Gasteiger partial charge in [0.05, 0.1) is 0 Å².